The lowest BCUT2D eigenvalue weighted by Crippen LogP contribution is -1.98. The summed E-state index contributed by atoms with van der Waals surface area (Å²) in [7, 11) is 3.48. The van der Waals surface area contributed by atoms with Gasteiger partial charge in [-0.2, -0.15) is 5.10 Å². The molecule has 2 N–H and O–H groups in total. The molecular weight excluding hydrogens is 282 g/mol. The first kappa shape index (κ1) is 12.0. The Morgan fingerprint density at radius 3 is 2.59 bits per heavy atom. The van der Waals surface area contributed by atoms with Crippen molar-refractivity contribution in [1.29, 1.82) is 0 Å². The molecule has 2 rings (SSSR count). The van der Waals surface area contributed by atoms with Gasteiger partial charge >= 0.3 is 0 Å². The average molecular weight is 296 g/mol. The summed E-state index contributed by atoms with van der Waals surface area (Å²) in [4.78, 5) is 0. The van der Waals surface area contributed by atoms with Gasteiger partial charge in [0.25, 0.3) is 0 Å². The van der Waals surface area contributed by atoms with Crippen LogP contribution in [0.5, 0.6) is 5.75 Å². The maximum atomic E-state index is 5.96. The molecule has 1 aromatic carbocycles. The third kappa shape index (κ3) is 2.02. The molecule has 0 amide bonds. The summed E-state index contributed by atoms with van der Waals surface area (Å²) in [5.74, 6) is 1.50. The second-order valence-electron chi connectivity index (χ2n) is 3.88. The summed E-state index contributed by atoms with van der Waals surface area (Å²) < 4.78 is 7.87. The number of benzene rings is 1. The maximum Gasteiger partial charge on any atom is 0.135 e. The Kier molecular flexibility index (Phi) is 3.11. The quantitative estimate of drug-likeness (QED) is 0.927. The fourth-order valence-corrected chi connectivity index (χ4v) is 2.54. The number of halogens is 1. The number of aryl methyl sites for hydroxylation is 2. The van der Waals surface area contributed by atoms with Crippen molar-refractivity contribution in [2.75, 3.05) is 12.8 Å². The van der Waals surface area contributed by atoms with Gasteiger partial charge in [0.1, 0.15) is 11.6 Å². The Morgan fingerprint density at radius 1 is 1.41 bits per heavy atom. The number of aromatic nitrogens is 2. The summed E-state index contributed by atoms with van der Waals surface area (Å²) in [6, 6.07) is 4.02. The molecule has 1 aromatic heterocycles. The van der Waals surface area contributed by atoms with Crippen molar-refractivity contribution in [3.63, 3.8) is 0 Å². The van der Waals surface area contributed by atoms with E-state index in [2.05, 4.69) is 21.0 Å². The van der Waals surface area contributed by atoms with Gasteiger partial charge in [0.2, 0.25) is 0 Å². The Hall–Kier alpha value is -1.49. The van der Waals surface area contributed by atoms with Gasteiger partial charge in [-0.05, 0) is 46.1 Å². The summed E-state index contributed by atoms with van der Waals surface area (Å²) in [6.45, 7) is 2.00. The monoisotopic (exact) mass is 295 g/mol. The number of hydrogen-bond donors (Lipinski definition) is 1. The van der Waals surface area contributed by atoms with Crippen molar-refractivity contribution in [3.05, 3.63) is 28.4 Å². The van der Waals surface area contributed by atoms with E-state index in [0.29, 0.717) is 5.82 Å². The number of methoxy groups -OCH3 is 1. The van der Waals surface area contributed by atoms with Gasteiger partial charge in [-0.1, -0.05) is 0 Å². The molecule has 0 spiro atoms. The molecule has 0 aliphatic carbocycles. The molecule has 0 aliphatic rings. The summed E-state index contributed by atoms with van der Waals surface area (Å²) in [5.41, 5.74) is 8.97. The highest BCUT2D eigenvalue weighted by molar-refractivity contribution is 9.10. The van der Waals surface area contributed by atoms with Crippen LogP contribution >= 0.6 is 15.9 Å². The highest BCUT2D eigenvalue weighted by atomic mass is 79.9. The van der Waals surface area contributed by atoms with E-state index >= 15 is 0 Å². The fraction of sp³-hybridized carbons (Fsp3) is 0.250. The van der Waals surface area contributed by atoms with Crippen molar-refractivity contribution in [3.8, 4) is 16.9 Å². The number of rotatable bonds is 2. The van der Waals surface area contributed by atoms with E-state index in [4.69, 9.17) is 10.5 Å². The van der Waals surface area contributed by atoms with Crippen molar-refractivity contribution < 1.29 is 4.74 Å². The molecular formula is C12H14BrN3O. The molecule has 17 heavy (non-hydrogen) atoms. The van der Waals surface area contributed by atoms with E-state index in [9.17, 15) is 0 Å². The molecule has 0 radical (unpaired) electrons. The third-order valence-electron chi connectivity index (χ3n) is 2.73. The van der Waals surface area contributed by atoms with Gasteiger partial charge in [-0.25, -0.2) is 0 Å². The zero-order chi connectivity index (χ0) is 12.6. The average Bonchev–Trinajstić information content (AvgIpc) is 2.59. The molecule has 0 saturated carbocycles. The lowest BCUT2D eigenvalue weighted by atomic mass is 10.1. The molecule has 0 atom stereocenters. The first-order valence-electron chi connectivity index (χ1n) is 5.16. The molecule has 90 valence electrons. The zero-order valence-corrected chi connectivity index (χ0v) is 11.6. The molecule has 1 heterocycles. The van der Waals surface area contributed by atoms with Crippen LogP contribution in [-0.4, -0.2) is 16.9 Å². The van der Waals surface area contributed by atoms with Crippen molar-refractivity contribution >= 4 is 21.7 Å². The minimum Gasteiger partial charge on any atom is -0.495 e. The van der Waals surface area contributed by atoms with Crippen LogP contribution < -0.4 is 10.5 Å². The molecule has 0 unspecified atom stereocenters. The lowest BCUT2D eigenvalue weighted by molar-refractivity contribution is 0.409. The SMILES string of the molecule is COc1c(C)cc(-c2cnn(C)c2N)cc1Br. The molecule has 4 nitrogen and oxygen atoms in total. The highest BCUT2D eigenvalue weighted by Gasteiger charge is 2.12. The van der Waals surface area contributed by atoms with Gasteiger partial charge in [-0.15, -0.1) is 0 Å². The van der Waals surface area contributed by atoms with Crippen LogP contribution in [0.2, 0.25) is 0 Å². The van der Waals surface area contributed by atoms with Crippen LogP contribution in [0.25, 0.3) is 11.1 Å². The Balaban J connectivity index is 2.58. The first-order valence-corrected chi connectivity index (χ1v) is 5.96. The first-order chi connectivity index (χ1) is 8.04. The number of nitrogen functional groups attached to an aromatic ring is 1. The normalized spacial score (nSPS) is 10.6. The van der Waals surface area contributed by atoms with Gasteiger partial charge in [-0.3, -0.25) is 4.68 Å². The standard InChI is InChI=1S/C12H14BrN3O/c1-7-4-8(5-10(13)11(7)17-3)9-6-15-16(2)12(9)14/h4-6H,14H2,1-3H3. The lowest BCUT2D eigenvalue weighted by Gasteiger charge is -2.10. The Labute approximate surface area is 109 Å². The minimum atomic E-state index is 0.654. The molecule has 2 aromatic rings. The molecule has 0 fully saturated rings. The van der Waals surface area contributed by atoms with Crippen LogP contribution in [0, 0.1) is 6.92 Å². The van der Waals surface area contributed by atoms with E-state index in [1.54, 1.807) is 18.0 Å². The van der Waals surface area contributed by atoms with Crippen molar-refractivity contribution in [2.45, 2.75) is 6.92 Å². The molecule has 5 heteroatoms. The number of nitrogens with zero attached hydrogens (tertiary/aromatic N) is 2. The zero-order valence-electron chi connectivity index (χ0n) is 9.99. The topological polar surface area (TPSA) is 53.1 Å². The van der Waals surface area contributed by atoms with E-state index in [1.165, 1.54) is 0 Å². The highest BCUT2D eigenvalue weighted by Crippen LogP contribution is 2.35. The van der Waals surface area contributed by atoms with Crippen molar-refractivity contribution in [1.82, 2.24) is 9.78 Å². The maximum absolute atomic E-state index is 5.96. The second-order valence-corrected chi connectivity index (χ2v) is 4.73. The van der Waals surface area contributed by atoms with Gasteiger partial charge in [0.15, 0.2) is 0 Å². The van der Waals surface area contributed by atoms with Gasteiger partial charge in [0.05, 0.1) is 17.8 Å². The van der Waals surface area contributed by atoms with Crippen LogP contribution in [0.1, 0.15) is 5.56 Å². The third-order valence-corrected chi connectivity index (χ3v) is 3.32. The summed E-state index contributed by atoms with van der Waals surface area (Å²) in [5, 5.41) is 4.14. The molecule has 0 saturated heterocycles. The van der Waals surface area contributed by atoms with Crippen LogP contribution in [0.4, 0.5) is 5.82 Å². The van der Waals surface area contributed by atoms with Gasteiger partial charge < -0.3 is 10.5 Å². The summed E-state index contributed by atoms with van der Waals surface area (Å²) >= 11 is 3.49. The summed E-state index contributed by atoms with van der Waals surface area (Å²) in [6.07, 6.45) is 1.77. The predicted molar refractivity (Wildman–Crippen MR) is 72.0 cm³/mol. The predicted octanol–water partition coefficient (Wildman–Crippen LogP) is 2.75. The Bertz CT molecular complexity index is 540. The number of hydrogen-bond acceptors (Lipinski definition) is 3. The minimum absolute atomic E-state index is 0.654. The smallest absolute Gasteiger partial charge is 0.135 e. The van der Waals surface area contributed by atoms with Gasteiger partial charge in [0, 0.05) is 12.6 Å². The van der Waals surface area contributed by atoms with Crippen molar-refractivity contribution in [2.24, 2.45) is 7.05 Å². The second kappa shape index (κ2) is 4.41. The van der Waals surface area contributed by atoms with Crippen LogP contribution in [0.3, 0.4) is 0 Å². The van der Waals surface area contributed by atoms with Crippen LogP contribution in [0.15, 0.2) is 22.8 Å². The fourth-order valence-electron chi connectivity index (χ4n) is 1.81. The molecule has 0 bridgehead atoms. The number of ether oxygens (including phenoxy) is 1. The van der Waals surface area contributed by atoms with E-state index in [-0.39, 0.29) is 0 Å². The number of nitrogens with two attached hydrogens (primary N) is 1. The Morgan fingerprint density at radius 2 is 2.12 bits per heavy atom. The molecule has 0 aliphatic heterocycles. The van der Waals surface area contributed by atoms with E-state index in [1.807, 2.05) is 26.1 Å². The largest absolute Gasteiger partial charge is 0.495 e. The van der Waals surface area contributed by atoms with Crippen LogP contribution in [-0.2, 0) is 7.05 Å². The number of anilines is 1. The van der Waals surface area contributed by atoms with E-state index in [0.717, 1.165) is 26.9 Å². The van der Waals surface area contributed by atoms with E-state index < -0.39 is 0 Å².